The first kappa shape index (κ1) is 11.6. The normalized spacial score (nSPS) is 11.1. The molecule has 0 radical (unpaired) electrons. The van der Waals surface area contributed by atoms with Crippen molar-refractivity contribution in [3.63, 3.8) is 0 Å². The minimum absolute atomic E-state index is 0.970. The number of thiophene rings is 1. The fraction of sp³-hybridized carbons (Fsp3) is 0.556. The predicted molar refractivity (Wildman–Crippen MR) is 66.8 cm³/mol. The number of thiol groups is 1. The van der Waals surface area contributed by atoms with E-state index in [0.717, 1.165) is 25.3 Å². The SMILES string of the molecule is CN(CCCS)Cc1csc(Br)c1. The highest BCUT2D eigenvalue weighted by atomic mass is 79.9. The van der Waals surface area contributed by atoms with E-state index in [1.54, 1.807) is 11.3 Å². The monoisotopic (exact) mass is 279 g/mol. The molecule has 1 nitrogen and oxygen atoms in total. The van der Waals surface area contributed by atoms with Gasteiger partial charge < -0.3 is 4.90 Å². The Morgan fingerprint density at radius 3 is 2.92 bits per heavy atom. The largest absolute Gasteiger partial charge is 0.302 e. The maximum Gasteiger partial charge on any atom is 0.0701 e. The third kappa shape index (κ3) is 4.49. The van der Waals surface area contributed by atoms with Gasteiger partial charge in [-0.25, -0.2) is 0 Å². The number of nitrogens with zero attached hydrogens (tertiary/aromatic N) is 1. The molecule has 0 bridgehead atoms. The minimum Gasteiger partial charge on any atom is -0.302 e. The van der Waals surface area contributed by atoms with E-state index < -0.39 is 0 Å². The molecule has 0 spiro atoms. The highest BCUT2D eigenvalue weighted by molar-refractivity contribution is 9.11. The predicted octanol–water partition coefficient (Wildman–Crippen LogP) is 3.26. The van der Waals surface area contributed by atoms with Crippen molar-refractivity contribution in [2.45, 2.75) is 13.0 Å². The first-order chi connectivity index (χ1) is 6.22. The second-order valence-electron chi connectivity index (χ2n) is 3.07. The molecular weight excluding hydrogens is 266 g/mol. The summed E-state index contributed by atoms with van der Waals surface area (Å²) in [4.78, 5) is 2.32. The fourth-order valence-corrected chi connectivity index (χ4v) is 2.50. The van der Waals surface area contributed by atoms with Crippen molar-refractivity contribution in [2.24, 2.45) is 0 Å². The summed E-state index contributed by atoms with van der Waals surface area (Å²) in [6, 6.07) is 2.18. The summed E-state index contributed by atoms with van der Waals surface area (Å²) in [5.41, 5.74) is 1.39. The van der Waals surface area contributed by atoms with Crippen LogP contribution in [-0.4, -0.2) is 24.2 Å². The van der Waals surface area contributed by atoms with Gasteiger partial charge in [0.2, 0.25) is 0 Å². The van der Waals surface area contributed by atoms with E-state index in [9.17, 15) is 0 Å². The molecule has 0 aliphatic rings. The second kappa shape index (κ2) is 6.06. The van der Waals surface area contributed by atoms with Gasteiger partial charge in [-0.3, -0.25) is 0 Å². The van der Waals surface area contributed by atoms with Crippen LogP contribution in [0.1, 0.15) is 12.0 Å². The molecule has 1 rings (SSSR count). The number of rotatable bonds is 5. The third-order valence-electron chi connectivity index (χ3n) is 1.77. The maximum absolute atomic E-state index is 4.19. The third-order valence-corrected chi connectivity index (χ3v) is 3.64. The maximum atomic E-state index is 4.19. The van der Waals surface area contributed by atoms with Crippen molar-refractivity contribution in [1.82, 2.24) is 4.90 Å². The molecule has 74 valence electrons. The number of hydrogen-bond acceptors (Lipinski definition) is 3. The molecule has 0 aliphatic heterocycles. The molecule has 0 saturated heterocycles. The van der Waals surface area contributed by atoms with E-state index in [-0.39, 0.29) is 0 Å². The molecule has 1 aromatic heterocycles. The minimum atomic E-state index is 0.970. The van der Waals surface area contributed by atoms with E-state index in [4.69, 9.17) is 0 Å². The van der Waals surface area contributed by atoms with Gasteiger partial charge in [-0.1, -0.05) is 0 Å². The van der Waals surface area contributed by atoms with Crippen LogP contribution in [0.4, 0.5) is 0 Å². The smallest absolute Gasteiger partial charge is 0.0701 e. The van der Waals surface area contributed by atoms with E-state index >= 15 is 0 Å². The summed E-state index contributed by atoms with van der Waals surface area (Å²) in [7, 11) is 2.15. The lowest BCUT2D eigenvalue weighted by Crippen LogP contribution is -2.18. The quantitative estimate of drug-likeness (QED) is 0.810. The Morgan fingerprint density at radius 2 is 2.38 bits per heavy atom. The average molecular weight is 280 g/mol. The Bertz CT molecular complexity index is 250. The summed E-state index contributed by atoms with van der Waals surface area (Å²) < 4.78 is 1.21. The Morgan fingerprint density at radius 1 is 1.62 bits per heavy atom. The summed E-state index contributed by atoms with van der Waals surface area (Å²) in [6.45, 7) is 2.16. The van der Waals surface area contributed by atoms with E-state index in [0.29, 0.717) is 0 Å². The van der Waals surface area contributed by atoms with E-state index in [2.05, 4.69) is 52.0 Å². The molecule has 0 atom stereocenters. The zero-order valence-corrected chi connectivity index (χ0v) is 11.0. The van der Waals surface area contributed by atoms with Gasteiger partial charge in [0.15, 0.2) is 0 Å². The van der Waals surface area contributed by atoms with Crippen LogP contribution in [0.15, 0.2) is 15.2 Å². The van der Waals surface area contributed by atoms with Crippen LogP contribution in [0.25, 0.3) is 0 Å². The van der Waals surface area contributed by atoms with Crippen LogP contribution in [0.5, 0.6) is 0 Å². The van der Waals surface area contributed by atoms with Crippen molar-refractivity contribution in [3.8, 4) is 0 Å². The van der Waals surface area contributed by atoms with Gasteiger partial charge in [0, 0.05) is 6.54 Å². The van der Waals surface area contributed by atoms with Crippen molar-refractivity contribution in [1.29, 1.82) is 0 Å². The standard InChI is InChI=1S/C9H14BrNS2/c1-11(3-2-4-12)6-8-5-9(10)13-7-8/h5,7,12H,2-4,6H2,1H3. The van der Waals surface area contributed by atoms with Gasteiger partial charge >= 0.3 is 0 Å². The summed E-state index contributed by atoms with van der Waals surface area (Å²) >= 11 is 9.40. The molecular formula is C9H14BrNS2. The fourth-order valence-electron chi connectivity index (χ4n) is 1.16. The topological polar surface area (TPSA) is 3.24 Å². The number of halogens is 1. The van der Waals surface area contributed by atoms with Crippen molar-refractivity contribution in [2.75, 3.05) is 19.3 Å². The van der Waals surface area contributed by atoms with Gasteiger partial charge in [-0.15, -0.1) is 11.3 Å². The molecule has 0 unspecified atom stereocenters. The molecule has 0 aliphatic carbocycles. The second-order valence-corrected chi connectivity index (χ2v) is 5.81. The molecule has 1 aromatic rings. The van der Waals surface area contributed by atoms with Crippen molar-refractivity contribution in [3.05, 3.63) is 20.8 Å². The van der Waals surface area contributed by atoms with Crippen molar-refractivity contribution < 1.29 is 0 Å². The van der Waals surface area contributed by atoms with Crippen LogP contribution in [0, 0.1) is 0 Å². The molecule has 13 heavy (non-hydrogen) atoms. The van der Waals surface area contributed by atoms with Gasteiger partial charge in [-0.2, -0.15) is 12.6 Å². The summed E-state index contributed by atoms with van der Waals surface area (Å²) in [5, 5.41) is 2.20. The lowest BCUT2D eigenvalue weighted by Gasteiger charge is -2.14. The first-order valence-corrected chi connectivity index (χ1v) is 6.55. The van der Waals surface area contributed by atoms with E-state index in [1.165, 1.54) is 9.35 Å². The molecule has 0 N–H and O–H groups in total. The highest BCUT2D eigenvalue weighted by Crippen LogP contribution is 2.21. The highest BCUT2D eigenvalue weighted by Gasteiger charge is 2.01. The zero-order valence-electron chi connectivity index (χ0n) is 7.66. The van der Waals surface area contributed by atoms with Crippen LogP contribution in [0.3, 0.4) is 0 Å². The molecule has 0 aromatic carbocycles. The molecule has 4 heteroatoms. The molecule has 0 fully saturated rings. The number of hydrogen-bond donors (Lipinski definition) is 1. The molecule has 0 saturated carbocycles. The van der Waals surface area contributed by atoms with Gasteiger partial charge in [0.1, 0.15) is 0 Å². The molecule has 0 amide bonds. The Hall–Kier alpha value is 0.490. The van der Waals surface area contributed by atoms with Crippen molar-refractivity contribution >= 4 is 39.9 Å². The van der Waals surface area contributed by atoms with Crippen LogP contribution < -0.4 is 0 Å². The Balaban J connectivity index is 2.31. The van der Waals surface area contributed by atoms with Crippen LogP contribution >= 0.6 is 39.9 Å². The average Bonchev–Trinajstić information content (AvgIpc) is 2.48. The first-order valence-electron chi connectivity index (χ1n) is 4.24. The lowest BCUT2D eigenvalue weighted by atomic mass is 10.3. The Labute approximate surface area is 97.7 Å². The summed E-state index contributed by atoms with van der Waals surface area (Å²) in [6.07, 6.45) is 1.16. The van der Waals surface area contributed by atoms with Gasteiger partial charge in [-0.05, 0) is 58.7 Å². The van der Waals surface area contributed by atoms with Crippen LogP contribution in [-0.2, 0) is 6.54 Å². The zero-order chi connectivity index (χ0) is 9.68. The van der Waals surface area contributed by atoms with Gasteiger partial charge in [0.05, 0.1) is 3.79 Å². The lowest BCUT2D eigenvalue weighted by molar-refractivity contribution is 0.329. The van der Waals surface area contributed by atoms with Gasteiger partial charge in [0.25, 0.3) is 0 Å². The Kier molecular flexibility index (Phi) is 5.39. The van der Waals surface area contributed by atoms with E-state index in [1.807, 2.05) is 0 Å². The summed E-state index contributed by atoms with van der Waals surface area (Å²) in [5.74, 6) is 0.970. The van der Waals surface area contributed by atoms with Crippen LogP contribution in [0.2, 0.25) is 0 Å². The molecule has 1 heterocycles.